The Morgan fingerprint density at radius 1 is 1.10 bits per heavy atom. The zero-order chi connectivity index (χ0) is 15.2. The van der Waals surface area contributed by atoms with Crippen LogP contribution in [0.2, 0.25) is 0 Å². The number of hydrogen-bond donors (Lipinski definition) is 1. The van der Waals surface area contributed by atoms with Crippen LogP contribution in [0.3, 0.4) is 0 Å². The summed E-state index contributed by atoms with van der Waals surface area (Å²) >= 11 is 0. The second-order valence-electron chi connectivity index (χ2n) is 5.64. The lowest BCUT2D eigenvalue weighted by Crippen LogP contribution is -2.34. The van der Waals surface area contributed by atoms with Crippen molar-refractivity contribution in [3.8, 4) is 11.5 Å². The highest BCUT2D eigenvalue weighted by molar-refractivity contribution is 5.97. The number of nitrogens with one attached hydrogen (secondary N) is 1. The lowest BCUT2D eigenvalue weighted by Gasteiger charge is -2.19. The van der Waals surface area contributed by atoms with Crippen molar-refractivity contribution < 1.29 is 14.3 Å². The van der Waals surface area contributed by atoms with Crippen LogP contribution in [-0.2, 0) is 0 Å². The minimum atomic E-state index is -0.0514. The van der Waals surface area contributed by atoms with Crippen LogP contribution < -0.4 is 14.8 Å². The van der Waals surface area contributed by atoms with Gasteiger partial charge in [0, 0.05) is 11.6 Å². The largest absolute Gasteiger partial charge is 0.496 e. The van der Waals surface area contributed by atoms with Crippen molar-refractivity contribution in [1.82, 2.24) is 5.32 Å². The second-order valence-corrected chi connectivity index (χ2v) is 5.64. The highest BCUT2D eigenvalue weighted by Crippen LogP contribution is 2.31. The first-order chi connectivity index (χ1) is 10.2. The minimum absolute atomic E-state index is 0.0514. The van der Waals surface area contributed by atoms with Gasteiger partial charge in [0.25, 0.3) is 5.91 Å². The predicted octanol–water partition coefficient (Wildman–Crippen LogP) is 3.46. The molecule has 2 rings (SSSR count). The topological polar surface area (TPSA) is 47.6 Å². The third-order valence-corrected chi connectivity index (χ3v) is 4.22. The van der Waals surface area contributed by atoms with Crippen LogP contribution >= 0.6 is 0 Å². The summed E-state index contributed by atoms with van der Waals surface area (Å²) in [6, 6.07) is 3.88. The highest BCUT2D eigenvalue weighted by Gasteiger charge is 2.20. The Bertz CT molecular complexity index is 491. The predicted molar refractivity (Wildman–Crippen MR) is 83.2 cm³/mol. The molecule has 1 N–H and O–H groups in total. The molecule has 0 bridgehead atoms. The van der Waals surface area contributed by atoms with Gasteiger partial charge < -0.3 is 14.8 Å². The van der Waals surface area contributed by atoms with Gasteiger partial charge in [-0.05, 0) is 31.9 Å². The smallest absolute Gasteiger partial charge is 0.255 e. The molecule has 1 aromatic rings. The molecule has 0 unspecified atom stereocenters. The first-order valence-corrected chi connectivity index (χ1v) is 7.69. The highest BCUT2D eigenvalue weighted by atomic mass is 16.5. The second kappa shape index (κ2) is 7.34. The Balaban J connectivity index is 2.16. The first-order valence-electron chi connectivity index (χ1n) is 7.69. The summed E-state index contributed by atoms with van der Waals surface area (Å²) in [4.78, 5) is 12.5. The molecular formula is C17H25NO3. The number of amides is 1. The third kappa shape index (κ3) is 3.69. The molecule has 116 valence electrons. The molecule has 0 saturated heterocycles. The summed E-state index contributed by atoms with van der Waals surface area (Å²) in [5.74, 6) is 1.28. The van der Waals surface area contributed by atoms with Gasteiger partial charge in [0.2, 0.25) is 0 Å². The van der Waals surface area contributed by atoms with Gasteiger partial charge in [-0.25, -0.2) is 0 Å². The minimum Gasteiger partial charge on any atom is -0.496 e. The number of methoxy groups -OCH3 is 2. The van der Waals surface area contributed by atoms with Gasteiger partial charge in [-0.3, -0.25) is 4.79 Å². The van der Waals surface area contributed by atoms with E-state index >= 15 is 0 Å². The molecule has 4 heteroatoms. The van der Waals surface area contributed by atoms with E-state index in [0.717, 1.165) is 24.2 Å². The molecule has 0 aromatic heterocycles. The maximum Gasteiger partial charge on any atom is 0.255 e. The fourth-order valence-corrected chi connectivity index (χ4v) is 3.02. The molecular weight excluding hydrogens is 266 g/mol. The van der Waals surface area contributed by atoms with Crippen LogP contribution in [0.15, 0.2) is 12.1 Å². The van der Waals surface area contributed by atoms with Crippen LogP contribution in [0.1, 0.15) is 54.4 Å². The van der Waals surface area contributed by atoms with Crippen LogP contribution in [0.4, 0.5) is 0 Å². The molecule has 0 aliphatic heterocycles. The van der Waals surface area contributed by atoms with Crippen molar-refractivity contribution in [1.29, 1.82) is 0 Å². The van der Waals surface area contributed by atoms with Crippen molar-refractivity contribution >= 4 is 5.91 Å². The monoisotopic (exact) mass is 291 g/mol. The zero-order valence-corrected chi connectivity index (χ0v) is 13.2. The van der Waals surface area contributed by atoms with Gasteiger partial charge in [-0.15, -0.1) is 0 Å². The molecule has 0 heterocycles. The Labute approximate surface area is 126 Å². The summed E-state index contributed by atoms with van der Waals surface area (Å²) < 4.78 is 10.7. The Morgan fingerprint density at radius 2 is 1.76 bits per heavy atom. The molecule has 1 saturated carbocycles. The molecule has 1 aromatic carbocycles. The number of rotatable bonds is 4. The maximum absolute atomic E-state index is 12.5. The van der Waals surface area contributed by atoms with E-state index in [1.165, 1.54) is 25.7 Å². The summed E-state index contributed by atoms with van der Waals surface area (Å²) in [6.07, 6.45) is 7.09. The van der Waals surface area contributed by atoms with Crippen LogP contribution in [0.25, 0.3) is 0 Å². The van der Waals surface area contributed by atoms with Gasteiger partial charge in [0.05, 0.1) is 19.8 Å². The zero-order valence-electron chi connectivity index (χ0n) is 13.2. The van der Waals surface area contributed by atoms with Crippen LogP contribution in [0, 0.1) is 6.92 Å². The van der Waals surface area contributed by atoms with Crippen molar-refractivity contribution in [2.45, 2.75) is 51.5 Å². The fourth-order valence-electron chi connectivity index (χ4n) is 3.02. The summed E-state index contributed by atoms with van der Waals surface area (Å²) in [6.45, 7) is 1.90. The van der Waals surface area contributed by atoms with Gasteiger partial charge >= 0.3 is 0 Å². The van der Waals surface area contributed by atoms with E-state index < -0.39 is 0 Å². The molecule has 1 aliphatic carbocycles. The van der Waals surface area contributed by atoms with E-state index in [4.69, 9.17) is 9.47 Å². The van der Waals surface area contributed by atoms with Crippen molar-refractivity contribution in [2.75, 3.05) is 14.2 Å². The maximum atomic E-state index is 12.5. The Morgan fingerprint density at radius 3 is 2.33 bits per heavy atom. The summed E-state index contributed by atoms with van der Waals surface area (Å²) in [5.41, 5.74) is 1.44. The van der Waals surface area contributed by atoms with Crippen molar-refractivity contribution in [3.63, 3.8) is 0 Å². The molecule has 1 aliphatic rings. The summed E-state index contributed by atoms with van der Waals surface area (Å²) in [5, 5.41) is 3.15. The van der Waals surface area contributed by atoms with Crippen LogP contribution in [-0.4, -0.2) is 26.2 Å². The number of benzene rings is 1. The molecule has 0 spiro atoms. The number of hydrogen-bond acceptors (Lipinski definition) is 3. The molecule has 1 amide bonds. The molecule has 0 atom stereocenters. The first kappa shape index (κ1) is 15.7. The Kier molecular flexibility index (Phi) is 5.48. The van der Waals surface area contributed by atoms with Gasteiger partial charge in [0.1, 0.15) is 11.5 Å². The number of carbonyl (C=O) groups is 1. The van der Waals surface area contributed by atoms with Crippen molar-refractivity contribution in [2.24, 2.45) is 0 Å². The standard InChI is InChI=1S/C17H25NO3/c1-12-15(20-2)11-10-14(16(12)21-3)17(19)18-13-8-6-4-5-7-9-13/h10-11,13H,4-9H2,1-3H3,(H,18,19). The van der Waals surface area contributed by atoms with E-state index in [2.05, 4.69) is 5.32 Å². The van der Waals surface area contributed by atoms with Gasteiger partial charge in [-0.1, -0.05) is 25.7 Å². The quantitative estimate of drug-likeness (QED) is 0.864. The van der Waals surface area contributed by atoms with Gasteiger partial charge in [-0.2, -0.15) is 0 Å². The molecule has 21 heavy (non-hydrogen) atoms. The average molecular weight is 291 g/mol. The summed E-state index contributed by atoms with van der Waals surface area (Å²) in [7, 11) is 3.21. The van der Waals surface area contributed by atoms with E-state index in [1.54, 1.807) is 20.3 Å². The van der Waals surface area contributed by atoms with E-state index in [9.17, 15) is 4.79 Å². The third-order valence-electron chi connectivity index (χ3n) is 4.22. The van der Waals surface area contributed by atoms with E-state index in [0.29, 0.717) is 11.3 Å². The Hall–Kier alpha value is -1.71. The lowest BCUT2D eigenvalue weighted by atomic mass is 10.1. The lowest BCUT2D eigenvalue weighted by molar-refractivity contribution is 0.0930. The van der Waals surface area contributed by atoms with Gasteiger partial charge in [0.15, 0.2) is 0 Å². The van der Waals surface area contributed by atoms with E-state index in [1.807, 2.05) is 13.0 Å². The molecule has 4 nitrogen and oxygen atoms in total. The van der Waals surface area contributed by atoms with Crippen molar-refractivity contribution in [3.05, 3.63) is 23.3 Å². The normalized spacial score (nSPS) is 16.1. The van der Waals surface area contributed by atoms with E-state index in [-0.39, 0.29) is 11.9 Å². The fraction of sp³-hybridized carbons (Fsp3) is 0.588. The number of carbonyl (C=O) groups excluding carboxylic acids is 1. The van der Waals surface area contributed by atoms with Crippen LogP contribution in [0.5, 0.6) is 11.5 Å². The molecule has 0 radical (unpaired) electrons. The molecule has 1 fully saturated rings. The SMILES string of the molecule is COc1ccc(C(=O)NC2CCCCCC2)c(OC)c1C. The number of ether oxygens (including phenoxy) is 2. The average Bonchev–Trinajstić information content (AvgIpc) is 2.75.